The van der Waals surface area contributed by atoms with Crippen molar-refractivity contribution >= 4 is 5.91 Å². The second-order valence-electron chi connectivity index (χ2n) is 7.55. The maximum absolute atomic E-state index is 12.8. The second-order valence-corrected chi connectivity index (χ2v) is 7.55. The van der Waals surface area contributed by atoms with E-state index in [1.807, 2.05) is 43.3 Å². The van der Waals surface area contributed by atoms with E-state index in [0.29, 0.717) is 6.54 Å². The number of ether oxygens (including phenoxy) is 2. The lowest BCUT2D eigenvalue weighted by atomic mass is 9.97. The van der Waals surface area contributed by atoms with Crippen LogP contribution in [-0.4, -0.2) is 18.7 Å². The fourth-order valence-electron chi connectivity index (χ4n) is 3.51. The minimum Gasteiger partial charge on any atom is -0.454 e. The van der Waals surface area contributed by atoms with E-state index < -0.39 is 0 Å². The molecule has 0 unspecified atom stereocenters. The number of aryl methyl sites for hydroxylation is 1. The van der Waals surface area contributed by atoms with E-state index in [1.165, 1.54) is 5.56 Å². The number of carbonyl (C=O) groups is 1. The molecule has 1 heterocycles. The summed E-state index contributed by atoms with van der Waals surface area (Å²) in [6, 6.07) is 23.9. The second kappa shape index (κ2) is 9.01. The molecule has 30 heavy (non-hydrogen) atoms. The van der Waals surface area contributed by atoms with E-state index in [2.05, 4.69) is 54.0 Å². The third-order valence-electron chi connectivity index (χ3n) is 5.26. The Hall–Kier alpha value is -3.31. The molecule has 5 heteroatoms. The topological polar surface area (TPSA) is 59.6 Å². The van der Waals surface area contributed by atoms with Gasteiger partial charge in [0.15, 0.2) is 11.5 Å². The van der Waals surface area contributed by atoms with Crippen LogP contribution >= 0.6 is 0 Å². The normalized spacial score (nSPS) is 14.2. The SMILES string of the molecule is Cc1ccc([C@H](N[C@H](C)C(=O)NCc2ccc3c(c2)OCO3)c2ccccc2)cc1. The van der Waals surface area contributed by atoms with Crippen molar-refractivity contribution in [1.82, 2.24) is 10.6 Å². The average Bonchev–Trinajstić information content (AvgIpc) is 3.25. The average molecular weight is 402 g/mol. The van der Waals surface area contributed by atoms with Crippen LogP contribution in [-0.2, 0) is 11.3 Å². The maximum atomic E-state index is 12.8. The zero-order valence-corrected chi connectivity index (χ0v) is 17.2. The van der Waals surface area contributed by atoms with Crippen LogP contribution in [0, 0.1) is 6.92 Å². The maximum Gasteiger partial charge on any atom is 0.237 e. The molecule has 0 radical (unpaired) electrons. The first-order valence-electron chi connectivity index (χ1n) is 10.1. The van der Waals surface area contributed by atoms with E-state index in [1.54, 1.807) is 0 Å². The molecular formula is C25H26N2O3. The quantitative estimate of drug-likeness (QED) is 0.625. The molecule has 0 aliphatic carbocycles. The summed E-state index contributed by atoms with van der Waals surface area (Å²) >= 11 is 0. The molecule has 0 saturated heterocycles. The molecule has 0 bridgehead atoms. The first-order chi connectivity index (χ1) is 14.6. The largest absolute Gasteiger partial charge is 0.454 e. The molecule has 0 saturated carbocycles. The molecule has 0 spiro atoms. The highest BCUT2D eigenvalue weighted by molar-refractivity contribution is 5.81. The van der Waals surface area contributed by atoms with Gasteiger partial charge < -0.3 is 14.8 Å². The molecule has 154 valence electrons. The minimum atomic E-state index is -0.370. The Labute approximate surface area is 177 Å². The van der Waals surface area contributed by atoms with E-state index in [-0.39, 0.29) is 24.8 Å². The molecule has 4 rings (SSSR count). The molecule has 2 atom stereocenters. The van der Waals surface area contributed by atoms with Gasteiger partial charge in [-0.15, -0.1) is 0 Å². The standard InChI is InChI=1S/C25H26N2O3/c1-17-8-11-21(12-9-17)24(20-6-4-3-5-7-20)27-18(2)25(28)26-15-19-10-13-22-23(14-19)30-16-29-22/h3-14,18,24,27H,15-16H2,1-2H3,(H,26,28)/t18-,24-/m1/s1. The van der Waals surface area contributed by atoms with Gasteiger partial charge in [-0.05, 0) is 42.7 Å². The molecule has 1 aliphatic rings. The van der Waals surface area contributed by atoms with Crippen molar-refractivity contribution in [3.8, 4) is 11.5 Å². The van der Waals surface area contributed by atoms with Crippen molar-refractivity contribution in [2.45, 2.75) is 32.5 Å². The first-order valence-corrected chi connectivity index (χ1v) is 10.1. The van der Waals surface area contributed by atoms with Crippen LogP contribution in [0.2, 0.25) is 0 Å². The van der Waals surface area contributed by atoms with E-state index >= 15 is 0 Å². The summed E-state index contributed by atoms with van der Waals surface area (Å²) in [5.41, 5.74) is 4.43. The molecule has 1 aliphatic heterocycles. The Morgan fingerprint density at radius 1 is 0.933 bits per heavy atom. The van der Waals surface area contributed by atoms with Gasteiger partial charge in [-0.3, -0.25) is 10.1 Å². The zero-order valence-electron chi connectivity index (χ0n) is 17.2. The third-order valence-corrected chi connectivity index (χ3v) is 5.26. The van der Waals surface area contributed by atoms with Gasteiger partial charge in [0.2, 0.25) is 12.7 Å². The minimum absolute atomic E-state index is 0.0549. The number of hydrogen-bond donors (Lipinski definition) is 2. The summed E-state index contributed by atoms with van der Waals surface area (Å²) in [5.74, 6) is 1.40. The predicted octanol–water partition coefficient (Wildman–Crippen LogP) is 4.11. The number of amides is 1. The van der Waals surface area contributed by atoms with Crippen LogP contribution in [0.3, 0.4) is 0 Å². The Bertz CT molecular complexity index is 1000. The number of carbonyl (C=O) groups excluding carboxylic acids is 1. The summed E-state index contributed by atoms with van der Waals surface area (Å²) in [5, 5.41) is 6.50. The molecule has 3 aromatic rings. The van der Waals surface area contributed by atoms with Gasteiger partial charge in [-0.25, -0.2) is 0 Å². The third kappa shape index (κ3) is 4.63. The van der Waals surface area contributed by atoms with Crippen LogP contribution < -0.4 is 20.1 Å². The molecule has 2 N–H and O–H groups in total. The Balaban J connectivity index is 1.43. The van der Waals surface area contributed by atoms with Crippen molar-refractivity contribution in [3.05, 3.63) is 95.1 Å². The number of fused-ring (bicyclic) bond motifs is 1. The van der Waals surface area contributed by atoms with Crippen molar-refractivity contribution in [3.63, 3.8) is 0 Å². The summed E-state index contributed by atoms with van der Waals surface area (Å²) < 4.78 is 10.7. The predicted molar refractivity (Wildman–Crippen MR) is 116 cm³/mol. The summed E-state index contributed by atoms with van der Waals surface area (Å²) in [7, 11) is 0. The van der Waals surface area contributed by atoms with Crippen LogP contribution in [0.15, 0.2) is 72.8 Å². The van der Waals surface area contributed by atoms with Gasteiger partial charge in [0.25, 0.3) is 0 Å². The fraction of sp³-hybridized carbons (Fsp3) is 0.240. The Kier molecular flexibility index (Phi) is 6.00. The summed E-state index contributed by atoms with van der Waals surface area (Å²) in [6.07, 6.45) is 0. The Morgan fingerprint density at radius 3 is 2.40 bits per heavy atom. The van der Waals surface area contributed by atoms with Gasteiger partial charge in [0.05, 0.1) is 12.1 Å². The van der Waals surface area contributed by atoms with Crippen LogP contribution in [0.1, 0.15) is 35.2 Å². The van der Waals surface area contributed by atoms with Crippen LogP contribution in [0.4, 0.5) is 0 Å². The molecular weight excluding hydrogens is 376 g/mol. The van der Waals surface area contributed by atoms with Crippen LogP contribution in [0.25, 0.3) is 0 Å². The lowest BCUT2D eigenvalue weighted by Gasteiger charge is -2.24. The lowest BCUT2D eigenvalue weighted by Crippen LogP contribution is -2.43. The van der Waals surface area contributed by atoms with Gasteiger partial charge in [-0.1, -0.05) is 66.2 Å². The number of nitrogens with one attached hydrogen (secondary N) is 2. The summed E-state index contributed by atoms with van der Waals surface area (Å²) in [6.45, 7) is 4.63. The highest BCUT2D eigenvalue weighted by Crippen LogP contribution is 2.32. The summed E-state index contributed by atoms with van der Waals surface area (Å²) in [4.78, 5) is 12.8. The van der Waals surface area contributed by atoms with Gasteiger partial charge in [0.1, 0.15) is 0 Å². The number of benzene rings is 3. The molecule has 5 nitrogen and oxygen atoms in total. The van der Waals surface area contributed by atoms with E-state index in [4.69, 9.17) is 9.47 Å². The first kappa shape index (κ1) is 20.0. The monoisotopic (exact) mass is 402 g/mol. The van der Waals surface area contributed by atoms with Gasteiger partial charge >= 0.3 is 0 Å². The zero-order chi connectivity index (χ0) is 20.9. The van der Waals surface area contributed by atoms with E-state index in [0.717, 1.165) is 28.2 Å². The molecule has 0 fully saturated rings. The van der Waals surface area contributed by atoms with Gasteiger partial charge in [-0.2, -0.15) is 0 Å². The van der Waals surface area contributed by atoms with Crippen molar-refractivity contribution in [2.75, 3.05) is 6.79 Å². The van der Waals surface area contributed by atoms with Crippen molar-refractivity contribution in [2.24, 2.45) is 0 Å². The van der Waals surface area contributed by atoms with Crippen molar-refractivity contribution < 1.29 is 14.3 Å². The molecule has 3 aromatic carbocycles. The molecule has 1 amide bonds. The molecule has 0 aromatic heterocycles. The van der Waals surface area contributed by atoms with Crippen molar-refractivity contribution in [1.29, 1.82) is 0 Å². The van der Waals surface area contributed by atoms with Crippen LogP contribution in [0.5, 0.6) is 11.5 Å². The van der Waals surface area contributed by atoms with Gasteiger partial charge in [0, 0.05) is 6.54 Å². The lowest BCUT2D eigenvalue weighted by molar-refractivity contribution is -0.123. The highest BCUT2D eigenvalue weighted by Gasteiger charge is 2.21. The highest BCUT2D eigenvalue weighted by atomic mass is 16.7. The Morgan fingerprint density at radius 2 is 1.63 bits per heavy atom. The fourth-order valence-corrected chi connectivity index (χ4v) is 3.51. The number of rotatable bonds is 7. The number of hydrogen-bond acceptors (Lipinski definition) is 4. The van der Waals surface area contributed by atoms with E-state index in [9.17, 15) is 4.79 Å². The smallest absolute Gasteiger partial charge is 0.237 e.